The molecule has 0 atom stereocenters. The minimum absolute atomic E-state index is 0. The number of benzene rings is 1. The van der Waals surface area contributed by atoms with Gasteiger partial charge in [-0.2, -0.15) is 0 Å². The third-order valence-electron chi connectivity index (χ3n) is 4.13. The fraction of sp³-hybridized carbons (Fsp3) is 0.600. The second kappa shape index (κ2) is 14.4. The maximum atomic E-state index is 12.0. The number of hydrogen-bond acceptors (Lipinski definition) is 4. The van der Waals surface area contributed by atoms with Crippen LogP contribution in [-0.2, 0) is 0 Å². The van der Waals surface area contributed by atoms with Crippen molar-refractivity contribution in [3.63, 3.8) is 0 Å². The smallest absolute Gasteiger partial charge is 0.251 e. The second-order valence-corrected chi connectivity index (χ2v) is 6.92. The van der Waals surface area contributed by atoms with Crippen LogP contribution in [0.4, 0.5) is 0 Å². The van der Waals surface area contributed by atoms with Gasteiger partial charge >= 0.3 is 0 Å². The number of aromatic hydroxyl groups is 1. The number of rotatable bonds is 10. The molecule has 1 aromatic rings. The van der Waals surface area contributed by atoms with Crippen LogP contribution in [0.2, 0.25) is 0 Å². The first-order chi connectivity index (χ1) is 12.8. The van der Waals surface area contributed by atoms with Gasteiger partial charge in [0.1, 0.15) is 5.75 Å². The summed E-state index contributed by atoms with van der Waals surface area (Å²) in [7, 11) is 0. The van der Waals surface area contributed by atoms with Crippen LogP contribution in [0, 0.1) is 0 Å². The van der Waals surface area contributed by atoms with Crippen molar-refractivity contribution >= 4 is 35.8 Å². The third kappa shape index (κ3) is 10.1. The van der Waals surface area contributed by atoms with Crippen molar-refractivity contribution in [3.05, 3.63) is 29.8 Å². The van der Waals surface area contributed by atoms with Gasteiger partial charge in [0.25, 0.3) is 5.91 Å². The average Bonchev–Trinajstić information content (AvgIpc) is 2.61. The van der Waals surface area contributed by atoms with E-state index in [2.05, 4.69) is 53.5 Å². The van der Waals surface area contributed by atoms with E-state index in [-0.39, 0.29) is 35.6 Å². The molecule has 0 aliphatic carbocycles. The fourth-order valence-corrected chi connectivity index (χ4v) is 2.80. The highest BCUT2D eigenvalue weighted by atomic mass is 127. The summed E-state index contributed by atoms with van der Waals surface area (Å²) in [5.41, 5.74) is 0.524. The largest absolute Gasteiger partial charge is 0.508 e. The molecule has 0 bridgehead atoms. The summed E-state index contributed by atoms with van der Waals surface area (Å²) in [6, 6.07) is 7.18. The number of halogens is 1. The number of nitrogens with zero attached hydrogens (tertiary/aromatic N) is 2. The lowest BCUT2D eigenvalue weighted by atomic mass is 10.2. The SMILES string of the molecule is CCNC(=NCCN(C(C)C)C(C)C)NCCNC(=O)c1ccc(O)cc1.I. The zero-order chi connectivity index (χ0) is 20.2. The molecule has 1 amide bonds. The highest BCUT2D eigenvalue weighted by Crippen LogP contribution is 2.09. The van der Waals surface area contributed by atoms with Crippen LogP contribution in [0.1, 0.15) is 45.0 Å². The van der Waals surface area contributed by atoms with Crippen molar-refractivity contribution in [3.8, 4) is 5.75 Å². The molecule has 0 heterocycles. The van der Waals surface area contributed by atoms with Gasteiger partial charge in [0.05, 0.1) is 6.54 Å². The maximum absolute atomic E-state index is 12.0. The molecule has 0 aliphatic heterocycles. The first-order valence-electron chi connectivity index (χ1n) is 9.70. The molecule has 7 nitrogen and oxygen atoms in total. The zero-order valence-electron chi connectivity index (χ0n) is 17.7. The number of guanidine groups is 1. The van der Waals surface area contributed by atoms with Crippen molar-refractivity contribution in [2.24, 2.45) is 4.99 Å². The molecule has 0 unspecified atom stereocenters. The van der Waals surface area contributed by atoms with E-state index >= 15 is 0 Å². The molecular weight excluding hydrogens is 469 g/mol. The molecule has 1 aromatic carbocycles. The van der Waals surface area contributed by atoms with Gasteiger partial charge in [-0.05, 0) is 58.9 Å². The van der Waals surface area contributed by atoms with Gasteiger partial charge in [0, 0.05) is 43.8 Å². The average molecular weight is 505 g/mol. The first-order valence-corrected chi connectivity index (χ1v) is 9.70. The number of carbonyl (C=O) groups excluding carboxylic acids is 1. The quantitative estimate of drug-likeness (QED) is 0.170. The Morgan fingerprint density at radius 3 is 2.14 bits per heavy atom. The van der Waals surface area contributed by atoms with E-state index in [1.54, 1.807) is 12.1 Å². The van der Waals surface area contributed by atoms with Gasteiger partial charge in [0.2, 0.25) is 0 Å². The Labute approximate surface area is 186 Å². The summed E-state index contributed by atoms with van der Waals surface area (Å²) >= 11 is 0. The van der Waals surface area contributed by atoms with Crippen molar-refractivity contribution in [2.45, 2.75) is 46.7 Å². The number of aliphatic imine (C=N–C) groups is 1. The van der Waals surface area contributed by atoms with E-state index in [1.165, 1.54) is 12.1 Å². The summed E-state index contributed by atoms with van der Waals surface area (Å²) in [6.45, 7) is 14.3. The number of amides is 1. The summed E-state index contributed by atoms with van der Waals surface area (Å²) in [5, 5.41) is 18.6. The Bertz CT molecular complexity index is 583. The van der Waals surface area contributed by atoms with Gasteiger partial charge < -0.3 is 21.1 Å². The Hall–Kier alpha value is -1.55. The van der Waals surface area contributed by atoms with E-state index in [1.807, 2.05) is 6.92 Å². The van der Waals surface area contributed by atoms with E-state index in [0.29, 0.717) is 37.3 Å². The highest BCUT2D eigenvalue weighted by molar-refractivity contribution is 14.0. The van der Waals surface area contributed by atoms with Gasteiger partial charge in [-0.15, -0.1) is 24.0 Å². The number of phenols is 1. The highest BCUT2D eigenvalue weighted by Gasteiger charge is 2.12. The molecule has 160 valence electrons. The molecule has 0 aliphatic rings. The maximum Gasteiger partial charge on any atom is 0.251 e. The normalized spacial score (nSPS) is 11.5. The Morgan fingerprint density at radius 1 is 1.04 bits per heavy atom. The van der Waals surface area contributed by atoms with Crippen LogP contribution in [0.5, 0.6) is 5.75 Å². The Morgan fingerprint density at radius 2 is 1.61 bits per heavy atom. The van der Waals surface area contributed by atoms with E-state index in [9.17, 15) is 9.90 Å². The Kier molecular flexibility index (Phi) is 13.6. The molecule has 0 aromatic heterocycles. The lowest BCUT2D eigenvalue weighted by Gasteiger charge is -2.29. The van der Waals surface area contributed by atoms with Gasteiger partial charge in [-0.25, -0.2) is 0 Å². The molecule has 28 heavy (non-hydrogen) atoms. The minimum atomic E-state index is -0.164. The predicted molar refractivity (Wildman–Crippen MR) is 127 cm³/mol. The molecule has 8 heteroatoms. The topological polar surface area (TPSA) is 89.0 Å². The van der Waals surface area contributed by atoms with Gasteiger partial charge in [-0.3, -0.25) is 14.7 Å². The van der Waals surface area contributed by atoms with Crippen LogP contribution in [0.25, 0.3) is 0 Å². The van der Waals surface area contributed by atoms with E-state index in [4.69, 9.17) is 0 Å². The summed E-state index contributed by atoms with van der Waals surface area (Å²) in [6.07, 6.45) is 0. The second-order valence-electron chi connectivity index (χ2n) is 6.92. The summed E-state index contributed by atoms with van der Waals surface area (Å²) in [4.78, 5) is 19.1. The van der Waals surface area contributed by atoms with Crippen molar-refractivity contribution in [1.29, 1.82) is 0 Å². The standard InChI is InChI=1S/C20H35N5O2.HI/c1-6-21-20(24-13-14-25(15(2)3)16(4)5)23-12-11-22-19(27)17-7-9-18(26)10-8-17;/h7-10,15-16,26H,6,11-14H2,1-5H3,(H,22,27)(H2,21,23,24);1H. The van der Waals surface area contributed by atoms with E-state index in [0.717, 1.165) is 19.0 Å². The molecule has 4 N–H and O–H groups in total. The molecule has 0 spiro atoms. The van der Waals surface area contributed by atoms with Crippen molar-refractivity contribution in [2.75, 3.05) is 32.7 Å². The lowest BCUT2D eigenvalue weighted by molar-refractivity contribution is 0.0954. The molecular formula is C20H36IN5O2. The fourth-order valence-electron chi connectivity index (χ4n) is 2.80. The van der Waals surface area contributed by atoms with Gasteiger partial charge in [-0.1, -0.05) is 0 Å². The van der Waals surface area contributed by atoms with Crippen LogP contribution >= 0.6 is 24.0 Å². The number of phenolic OH excluding ortho intramolecular Hbond substituents is 1. The van der Waals surface area contributed by atoms with Crippen LogP contribution in [-0.4, -0.2) is 66.7 Å². The van der Waals surface area contributed by atoms with Crippen LogP contribution in [0.15, 0.2) is 29.3 Å². The van der Waals surface area contributed by atoms with Gasteiger partial charge in [0.15, 0.2) is 5.96 Å². The molecule has 0 saturated heterocycles. The number of hydrogen-bond donors (Lipinski definition) is 4. The number of nitrogens with one attached hydrogen (secondary N) is 3. The summed E-state index contributed by atoms with van der Waals surface area (Å²) < 4.78 is 0. The van der Waals surface area contributed by atoms with Crippen molar-refractivity contribution < 1.29 is 9.90 Å². The summed E-state index contributed by atoms with van der Waals surface area (Å²) in [5.74, 6) is 0.736. The third-order valence-corrected chi connectivity index (χ3v) is 4.13. The van der Waals surface area contributed by atoms with E-state index < -0.39 is 0 Å². The molecule has 0 fully saturated rings. The van der Waals surface area contributed by atoms with Crippen LogP contribution < -0.4 is 16.0 Å². The zero-order valence-corrected chi connectivity index (χ0v) is 20.0. The molecule has 0 radical (unpaired) electrons. The predicted octanol–water partition coefficient (Wildman–Crippen LogP) is 2.41. The monoisotopic (exact) mass is 505 g/mol. The lowest BCUT2D eigenvalue weighted by Crippen LogP contribution is -2.42. The van der Waals surface area contributed by atoms with Crippen LogP contribution in [0.3, 0.4) is 0 Å². The molecule has 0 saturated carbocycles. The minimum Gasteiger partial charge on any atom is -0.508 e. The first kappa shape index (κ1) is 26.4. The Balaban J connectivity index is 0.00000729. The molecule has 1 rings (SSSR count). The number of carbonyl (C=O) groups is 1. The van der Waals surface area contributed by atoms with Crippen molar-refractivity contribution in [1.82, 2.24) is 20.9 Å².